The van der Waals surface area contributed by atoms with Gasteiger partial charge in [0.15, 0.2) is 0 Å². The minimum absolute atomic E-state index is 0.424. The van der Waals surface area contributed by atoms with Gasteiger partial charge >= 0.3 is 0 Å². The Morgan fingerprint density at radius 2 is 1.80 bits per heavy atom. The summed E-state index contributed by atoms with van der Waals surface area (Å²) in [7, 11) is 2.18. The maximum absolute atomic E-state index is 4.97. The van der Waals surface area contributed by atoms with Gasteiger partial charge in [-0.25, -0.2) is 4.98 Å². The predicted molar refractivity (Wildman–Crippen MR) is 101 cm³/mol. The van der Waals surface area contributed by atoms with Gasteiger partial charge in [-0.1, -0.05) is 30.3 Å². The van der Waals surface area contributed by atoms with Crippen molar-refractivity contribution in [1.82, 2.24) is 24.7 Å². The fourth-order valence-corrected chi connectivity index (χ4v) is 4.25. The van der Waals surface area contributed by atoms with E-state index in [1.807, 2.05) is 0 Å². The highest BCUT2D eigenvalue weighted by molar-refractivity contribution is 5.57. The van der Waals surface area contributed by atoms with Crippen molar-refractivity contribution < 1.29 is 0 Å². The predicted octanol–water partition coefficient (Wildman–Crippen LogP) is 2.26. The average molecular weight is 339 g/mol. The Hall–Kier alpha value is -1.69. The van der Waals surface area contributed by atoms with Crippen LogP contribution in [0, 0.1) is 0 Å². The molecule has 3 heterocycles. The van der Waals surface area contributed by atoms with E-state index in [1.165, 1.54) is 17.0 Å². The summed E-state index contributed by atoms with van der Waals surface area (Å²) >= 11 is 0. The Balaban J connectivity index is 1.61. The Morgan fingerprint density at radius 1 is 1.08 bits per heavy atom. The second-order valence-electron chi connectivity index (χ2n) is 7.50. The zero-order valence-electron chi connectivity index (χ0n) is 15.6. The van der Waals surface area contributed by atoms with E-state index in [-0.39, 0.29) is 0 Å². The summed E-state index contributed by atoms with van der Waals surface area (Å²) in [6, 6.07) is 11.6. The fraction of sp³-hybridized carbons (Fsp3) is 0.550. The van der Waals surface area contributed by atoms with Crippen molar-refractivity contribution in [3.8, 4) is 11.4 Å². The molecule has 0 radical (unpaired) electrons. The second kappa shape index (κ2) is 6.90. The van der Waals surface area contributed by atoms with Crippen LogP contribution in [0.3, 0.4) is 0 Å². The van der Waals surface area contributed by atoms with Gasteiger partial charge in [-0.15, -0.1) is 0 Å². The molecule has 1 saturated heterocycles. The van der Waals surface area contributed by atoms with Crippen LogP contribution in [-0.2, 0) is 13.6 Å². The molecule has 1 N–H and O–H groups in total. The van der Waals surface area contributed by atoms with E-state index in [9.17, 15) is 0 Å². The zero-order valence-corrected chi connectivity index (χ0v) is 15.6. The lowest BCUT2D eigenvalue weighted by Crippen LogP contribution is -2.52. The summed E-state index contributed by atoms with van der Waals surface area (Å²) in [4.78, 5) is 10.2. The van der Waals surface area contributed by atoms with Gasteiger partial charge in [-0.3, -0.25) is 9.80 Å². The highest BCUT2D eigenvalue weighted by atomic mass is 15.3. The maximum atomic E-state index is 4.97. The smallest absolute Gasteiger partial charge is 0.140 e. The number of rotatable bonds is 3. The number of aromatic nitrogens is 2. The first-order chi connectivity index (χ1) is 12.1. The molecule has 0 amide bonds. The van der Waals surface area contributed by atoms with E-state index in [0.717, 1.165) is 45.1 Å². The Labute approximate surface area is 150 Å². The molecule has 5 nitrogen and oxygen atoms in total. The van der Waals surface area contributed by atoms with Crippen molar-refractivity contribution in [2.75, 3.05) is 32.7 Å². The van der Waals surface area contributed by atoms with Crippen LogP contribution >= 0.6 is 0 Å². The molecular formula is C20H29N5. The van der Waals surface area contributed by atoms with Gasteiger partial charge in [0.05, 0.1) is 17.4 Å². The molecule has 1 unspecified atom stereocenters. The van der Waals surface area contributed by atoms with Gasteiger partial charge in [0.25, 0.3) is 0 Å². The van der Waals surface area contributed by atoms with E-state index in [1.54, 1.807) is 0 Å². The van der Waals surface area contributed by atoms with Crippen molar-refractivity contribution in [2.24, 2.45) is 7.05 Å². The third-order valence-electron chi connectivity index (χ3n) is 5.71. The van der Waals surface area contributed by atoms with Crippen LogP contribution in [-0.4, -0.2) is 58.1 Å². The van der Waals surface area contributed by atoms with E-state index in [0.29, 0.717) is 12.1 Å². The lowest BCUT2D eigenvalue weighted by Gasteiger charge is -2.42. The topological polar surface area (TPSA) is 36.3 Å². The molecule has 1 aromatic carbocycles. The number of nitrogens with zero attached hydrogens (tertiary/aromatic N) is 4. The summed E-state index contributed by atoms with van der Waals surface area (Å²) in [5.41, 5.74) is 3.81. The van der Waals surface area contributed by atoms with Crippen LogP contribution in [0.15, 0.2) is 30.3 Å². The molecule has 2 aliphatic rings. The van der Waals surface area contributed by atoms with E-state index < -0.39 is 0 Å². The summed E-state index contributed by atoms with van der Waals surface area (Å²) in [6.07, 6.45) is 0. The summed E-state index contributed by atoms with van der Waals surface area (Å²) < 4.78 is 2.32. The summed E-state index contributed by atoms with van der Waals surface area (Å²) in [6.45, 7) is 11.1. The average Bonchev–Trinajstić information content (AvgIpc) is 2.99. The van der Waals surface area contributed by atoms with Crippen LogP contribution in [0.25, 0.3) is 11.4 Å². The molecule has 0 aliphatic carbocycles. The molecule has 4 rings (SSSR count). The van der Waals surface area contributed by atoms with Crippen molar-refractivity contribution in [1.29, 1.82) is 0 Å². The first-order valence-corrected chi connectivity index (χ1v) is 9.45. The third kappa shape index (κ3) is 3.12. The third-order valence-corrected chi connectivity index (χ3v) is 5.71. The number of hydrogen-bond acceptors (Lipinski definition) is 4. The van der Waals surface area contributed by atoms with E-state index in [4.69, 9.17) is 4.98 Å². The number of hydrogen-bond donors (Lipinski definition) is 1. The maximum Gasteiger partial charge on any atom is 0.140 e. The molecule has 2 aliphatic heterocycles. The van der Waals surface area contributed by atoms with Gasteiger partial charge in [-0.05, 0) is 13.8 Å². The normalized spacial score (nSPS) is 22.3. The number of piperazine rings is 1. The van der Waals surface area contributed by atoms with Crippen LogP contribution in [0.2, 0.25) is 0 Å². The van der Waals surface area contributed by atoms with Crippen molar-refractivity contribution in [2.45, 2.75) is 32.5 Å². The van der Waals surface area contributed by atoms with E-state index >= 15 is 0 Å². The molecule has 25 heavy (non-hydrogen) atoms. The number of benzene rings is 1. The minimum atomic E-state index is 0.424. The largest absolute Gasteiger partial charge is 0.329 e. The fourth-order valence-electron chi connectivity index (χ4n) is 4.25. The first-order valence-electron chi connectivity index (χ1n) is 9.45. The lowest BCUT2D eigenvalue weighted by molar-refractivity contribution is 0.0722. The molecule has 2 aromatic rings. The van der Waals surface area contributed by atoms with Crippen LogP contribution in [0.1, 0.15) is 31.3 Å². The Morgan fingerprint density at radius 3 is 2.48 bits per heavy atom. The molecule has 1 fully saturated rings. The van der Waals surface area contributed by atoms with E-state index in [2.05, 4.69) is 70.9 Å². The quantitative estimate of drug-likeness (QED) is 0.931. The summed E-state index contributed by atoms with van der Waals surface area (Å²) in [5, 5.41) is 3.58. The minimum Gasteiger partial charge on any atom is -0.329 e. The molecule has 0 spiro atoms. The van der Waals surface area contributed by atoms with Gasteiger partial charge in [0.1, 0.15) is 5.82 Å². The molecule has 5 heteroatoms. The number of fused-ring (bicyclic) bond motifs is 1. The van der Waals surface area contributed by atoms with Gasteiger partial charge < -0.3 is 9.88 Å². The van der Waals surface area contributed by atoms with Crippen molar-refractivity contribution >= 4 is 0 Å². The SMILES string of the molecule is CC(C)N1CCN(C2CNCc3nc(-c4ccccc4)n(C)c32)CC1. The van der Waals surface area contributed by atoms with Crippen LogP contribution in [0.5, 0.6) is 0 Å². The Bertz CT molecular complexity index is 713. The number of imidazole rings is 1. The molecule has 134 valence electrons. The van der Waals surface area contributed by atoms with Gasteiger partial charge in [0, 0.05) is 57.9 Å². The Kier molecular flexibility index (Phi) is 4.63. The standard InChI is InChI=1S/C20H29N5/c1-15(2)24-9-11-25(12-10-24)18-14-21-13-17-19(18)23(3)20(22-17)16-7-5-4-6-8-16/h4-8,15,18,21H,9-14H2,1-3H3. The summed E-state index contributed by atoms with van der Waals surface area (Å²) in [5.74, 6) is 1.08. The molecule has 1 aromatic heterocycles. The van der Waals surface area contributed by atoms with Gasteiger partial charge in [0.2, 0.25) is 0 Å². The second-order valence-corrected chi connectivity index (χ2v) is 7.50. The first kappa shape index (κ1) is 16.8. The van der Waals surface area contributed by atoms with Crippen molar-refractivity contribution in [3.63, 3.8) is 0 Å². The van der Waals surface area contributed by atoms with Gasteiger partial charge in [-0.2, -0.15) is 0 Å². The lowest BCUT2D eigenvalue weighted by atomic mass is 10.0. The van der Waals surface area contributed by atoms with Crippen LogP contribution in [0.4, 0.5) is 0 Å². The zero-order chi connectivity index (χ0) is 17.4. The van der Waals surface area contributed by atoms with Crippen LogP contribution < -0.4 is 5.32 Å². The molecule has 0 saturated carbocycles. The number of nitrogens with one attached hydrogen (secondary N) is 1. The molecule has 0 bridgehead atoms. The highest BCUT2D eigenvalue weighted by Gasteiger charge is 2.33. The highest BCUT2D eigenvalue weighted by Crippen LogP contribution is 2.31. The van der Waals surface area contributed by atoms with Crippen molar-refractivity contribution in [3.05, 3.63) is 41.7 Å². The monoisotopic (exact) mass is 339 g/mol. The molecule has 1 atom stereocenters. The molecular weight excluding hydrogens is 310 g/mol.